The summed E-state index contributed by atoms with van der Waals surface area (Å²) < 4.78 is 0. The van der Waals surface area contributed by atoms with Crippen LogP contribution in [0.25, 0.3) is 0 Å². The van der Waals surface area contributed by atoms with Crippen LogP contribution in [0, 0.1) is 0 Å². The highest BCUT2D eigenvalue weighted by molar-refractivity contribution is 7.99. The van der Waals surface area contributed by atoms with E-state index in [0.29, 0.717) is 5.56 Å². The molecule has 3 nitrogen and oxygen atoms in total. The Balaban J connectivity index is 2.57. The molecule has 4 heteroatoms. The van der Waals surface area contributed by atoms with E-state index in [1.165, 1.54) is 0 Å². The molecule has 0 bridgehead atoms. The number of hydrogen-bond donors (Lipinski definition) is 2. The quantitative estimate of drug-likeness (QED) is 0.741. The fraction of sp³-hybridized carbons (Fsp3) is 0.300. The van der Waals surface area contributed by atoms with Crippen LogP contribution in [0.15, 0.2) is 23.1 Å². The first-order chi connectivity index (χ1) is 6.70. The summed E-state index contributed by atoms with van der Waals surface area (Å²) in [6.45, 7) is 0. The van der Waals surface area contributed by atoms with Gasteiger partial charge < -0.3 is 10.8 Å². The Hall–Kier alpha value is -1.00. The van der Waals surface area contributed by atoms with Gasteiger partial charge in [0.2, 0.25) is 0 Å². The molecule has 0 unspecified atom stereocenters. The lowest BCUT2D eigenvalue weighted by Crippen LogP contribution is -2.19. The Kier molecular flexibility index (Phi) is 2.48. The Morgan fingerprint density at radius 3 is 3.07 bits per heavy atom. The minimum atomic E-state index is -0.889. The minimum absolute atomic E-state index is 0.126. The summed E-state index contributed by atoms with van der Waals surface area (Å²) in [6, 6.07) is 5.20. The van der Waals surface area contributed by atoms with Crippen molar-refractivity contribution < 1.29 is 9.90 Å². The van der Waals surface area contributed by atoms with Gasteiger partial charge in [-0.1, -0.05) is 6.07 Å². The van der Waals surface area contributed by atoms with E-state index >= 15 is 0 Å². The number of rotatable bonds is 1. The Bertz CT molecular complexity index is 378. The monoisotopic (exact) mass is 209 g/mol. The zero-order chi connectivity index (χ0) is 10.1. The summed E-state index contributed by atoms with van der Waals surface area (Å²) in [5, 5.41) is 8.99. The lowest BCUT2D eigenvalue weighted by atomic mass is 9.98. The van der Waals surface area contributed by atoms with Gasteiger partial charge in [-0.2, -0.15) is 0 Å². The summed E-state index contributed by atoms with van der Waals surface area (Å²) >= 11 is 1.68. The number of nitrogens with two attached hydrogens (primary N) is 1. The largest absolute Gasteiger partial charge is 0.478 e. The Morgan fingerprint density at radius 1 is 1.57 bits per heavy atom. The predicted octanol–water partition coefficient (Wildman–Crippen LogP) is 1.88. The second-order valence-electron chi connectivity index (χ2n) is 3.27. The molecule has 0 aromatic heterocycles. The highest BCUT2D eigenvalue weighted by Crippen LogP contribution is 2.36. The van der Waals surface area contributed by atoms with Crippen molar-refractivity contribution in [2.75, 3.05) is 5.75 Å². The number of carbonyl (C=O) groups is 1. The van der Waals surface area contributed by atoms with Crippen LogP contribution in [0.1, 0.15) is 28.4 Å². The summed E-state index contributed by atoms with van der Waals surface area (Å²) in [7, 11) is 0. The van der Waals surface area contributed by atoms with Gasteiger partial charge in [0.25, 0.3) is 0 Å². The molecule has 14 heavy (non-hydrogen) atoms. The smallest absolute Gasteiger partial charge is 0.336 e. The van der Waals surface area contributed by atoms with Gasteiger partial charge in [-0.3, -0.25) is 0 Å². The van der Waals surface area contributed by atoms with E-state index in [0.717, 1.165) is 22.6 Å². The predicted molar refractivity (Wildman–Crippen MR) is 55.7 cm³/mol. The Labute approximate surface area is 86.3 Å². The molecule has 1 aromatic carbocycles. The molecule has 74 valence electrons. The first-order valence-electron chi connectivity index (χ1n) is 4.44. The zero-order valence-corrected chi connectivity index (χ0v) is 8.38. The van der Waals surface area contributed by atoms with Crippen molar-refractivity contribution in [3.8, 4) is 0 Å². The molecular formula is C10H11NO2S. The van der Waals surface area contributed by atoms with Crippen LogP contribution < -0.4 is 5.73 Å². The second-order valence-corrected chi connectivity index (χ2v) is 4.40. The van der Waals surface area contributed by atoms with E-state index in [1.54, 1.807) is 23.9 Å². The van der Waals surface area contributed by atoms with Crippen molar-refractivity contribution in [3.05, 3.63) is 29.3 Å². The first-order valence-corrected chi connectivity index (χ1v) is 5.43. The number of carboxylic acid groups (broad SMARTS) is 1. The maximum atomic E-state index is 11.0. The van der Waals surface area contributed by atoms with E-state index < -0.39 is 5.97 Å². The molecule has 0 aliphatic carbocycles. The van der Waals surface area contributed by atoms with Crippen molar-refractivity contribution in [2.45, 2.75) is 17.4 Å². The van der Waals surface area contributed by atoms with E-state index in [4.69, 9.17) is 10.8 Å². The molecule has 1 aliphatic heterocycles. The topological polar surface area (TPSA) is 63.3 Å². The fourth-order valence-corrected chi connectivity index (χ4v) is 2.86. The average Bonchev–Trinajstić information content (AvgIpc) is 2.17. The van der Waals surface area contributed by atoms with Crippen LogP contribution in [-0.2, 0) is 0 Å². The Morgan fingerprint density at radius 2 is 2.36 bits per heavy atom. The molecule has 2 rings (SSSR count). The standard InChI is InChI=1S/C10H11NO2S/c11-7-4-5-14-8-3-1-2-6(9(7)8)10(12)13/h1-3,7H,4-5,11H2,(H,12,13)/t7-/m0/s1. The van der Waals surface area contributed by atoms with Gasteiger partial charge in [-0.25, -0.2) is 4.79 Å². The van der Waals surface area contributed by atoms with Crippen molar-refractivity contribution in [2.24, 2.45) is 5.73 Å². The van der Waals surface area contributed by atoms with Crippen molar-refractivity contribution in [3.63, 3.8) is 0 Å². The number of hydrogen-bond acceptors (Lipinski definition) is 3. The van der Waals surface area contributed by atoms with Crippen LogP contribution in [0.2, 0.25) is 0 Å². The maximum Gasteiger partial charge on any atom is 0.336 e. The van der Waals surface area contributed by atoms with Crippen LogP contribution in [-0.4, -0.2) is 16.8 Å². The van der Waals surface area contributed by atoms with E-state index in [9.17, 15) is 4.79 Å². The SMILES string of the molecule is N[C@H]1CCSc2cccc(C(=O)O)c21. The zero-order valence-electron chi connectivity index (χ0n) is 7.56. The number of benzene rings is 1. The lowest BCUT2D eigenvalue weighted by molar-refractivity contribution is 0.0694. The maximum absolute atomic E-state index is 11.0. The van der Waals surface area contributed by atoms with E-state index in [2.05, 4.69) is 0 Å². The number of carboxylic acids is 1. The molecule has 1 aliphatic rings. The second kappa shape index (κ2) is 3.63. The number of aromatic carboxylic acids is 1. The summed E-state index contributed by atoms with van der Waals surface area (Å²) in [4.78, 5) is 12.0. The third-order valence-corrected chi connectivity index (χ3v) is 3.46. The van der Waals surface area contributed by atoms with Gasteiger partial charge in [-0.05, 0) is 29.9 Å². The molecule has 0 saturated carbocycles. The number of fused-ring (bicyclic) bond motifs is 1. The molecule has 0 amide bonds. The van der Waals surface area contributed by atoms with Crippen molar-refractivity contribution >= 4 is 17.7 Å². The van der Waals surface area contributed by atoms with Gasteiger partial charge in [0.15, 0.2) is 0 Å². The van der Waals surface area contributed by atoms with Crippen molar-refractivity contribution in [1.29, 1.82) is 0 Å². The van der Waals surface area contributed by atoms with Crippen LogP contribution in [0.4, 0.5) is 0 Å². The van der Waals surface area contributed by atoms with Crippen LogP contribution in [0.5, 0.6) is 0 Å². The molecule has 0 saturated heterocycles. The third kappa shape index (κ3) is 1.51. The average molecular weight is 209 g/mol. The molecule has 1 atom stereocenters. The highest BCUT2D eigenvalue weighted by atomic mass is 32.2. The molecule has 1 heterocycles. The molecular weight excluding hydrogens is 198 g/mol. The summed E-state index contributed by atoms with van der Waals surface area (Å²) in [5.74, 6) is 0.0804. The van der Waals surface area contributed by atoms with E-state index in [-0.39, 0.29) is 6.04 Å². The van der Waals surface area contributed by atoms with Crippen LogP contribution in [0.3, 0.4) is 0 Å². The fourth-order valence-electron chi connectivity index (χ4n) is 1.68. The summed E-state index contributed by atoms with van der Waals surface area (Å²) in [5.41, 5.74) is 7.06. The van der Waals surface area contributed by atoms with E-state index in [1.807, 2.05) is 6.07 Å². The lowest BCUT2D eigenvalue weighted by Gasteiger charge is -2.23. The first kappa shape index (κ1) is 9.55. The van der Waals surface area contributed by atoms with Gasteiger partial charge in [-0.15, -0.1) is 11.8 Å². The normalized spacial score (nSPS) is 20.2. The highest BCUT2D eigenvalue weighted by Gasteiger charge is 2.23. The van der Waals surface area contributed by atoms with Crippen LogP contribution >= 0.6 is 11.8 Å². The molecule has 0 fully saturated rings. The van der Waals surface area contributed by atoms with Gasteiger partial charge >= 0.3 is 5.97 Å². The van der Waals surface area contributed by atoms with Gasteiger partial charge in [0.05, 0.1) is 5.56 Å². The molecule has 1 aromatic rings. The molecule has 0 radical (unpaired) electrons. The minimum Gasteiger partial charge on any atom is -0.478 e. The molecule has 3 N–H and O–H groups in total. The summed E-state index contributed by atoms with van der Waals surface area (Å²) in [6.07, 6.45) is 0.849. The third-order valence-electron chi connectivity index (χ3n) is 2.35. The molecule has 0 spiro atoms. The number of thioether (sulfide) groups is 1. The van der Waals surface area contributed by atoms with Gasteiger partial charge in [0, 0.05) is 10.9 Å². The van der Waals surface area contributed by atoms with Crippen molar-refractivity contribution in [1.82, 2.24) is 0 Å². The van der Waals surface area contributed by atoms with Gasteiger partial charge in [0.1, 0.15) is 0 Å².